The van der Waals surface area contributed by atoms with Crippen molar-refractivity contribution in [2.24, 2.45) is 5.41 Å². The van der Waals surface area contributed by atoms with Crippen LogP contribution in [0.15, 0.2) is 36.5 Å². The van der Waals surface area contributed by atoms with Crippen molar-refractivity contribution in [2.45, 2.75) is 44.9 Å². The Kier molecular flexibility index (Phi) is 5.30. The lowest BCUT2D eigenvalue weighted by Crippen LogP contribution is -2.50. The third kappa shape index (κ3) is 3.93. The number of nitrogens with zero attached hydrogens (tertiary/aromatic N) is 2. The summed E-state index contributed by atoms with van der Waals surface area (Å²) in [6.07, 6.45) is 6.91. The van der Waals surface area contributed by atoms with Gasteiger partial charge in [-0.25, -0.2) is 0 Å². The van der Waals surface area contributed by atoms with E-state index in [1.165, 1.54) is 16.8 Å². The number of rotatable bonds is 4. The number of nitrogens with one attached hydrogen (secondary N) is 2. The molecule has 2 aliphatic rings. The van der Waals surface area contributed by atoms with E-state index in [0.29, 0.717) is 11.8 Å². The third-order valence-electron chi connectivity index (χ3n) is 6.33. The maximum absolute atomic E-state index is 13.2. The van der Waals surface area contributed by atoms with Crippen molar-refractivity contribution in [1.82, 2.24) is 20.4 Å². The van der Waals surface area contributed by atoms with Crippen molar-refractivity contribution in [3.05, 3.63) is 53.3 Å². The van der Waals surface area contributed by atoms with E-state index in [4.69, 9.17) is 0 Å². The van der Waals surface area contributed by atoms with E-state index in [2.05, 4.69) is 51.6 Å². The van der Waals surface area contributed by atoms with Gasteiger partial charge in [-0.05, 0) is 49.9 Å². The van der Waals surface area contributed by atoms with Gasteiger partial charge in [0.05, 0.1) is 6.20 Å². The minimum Gasteiger partial charge on any atom is -0.342 e. The molecule has 2 aliphatic heterocycles. The van der Waals surface area contributed by atoms with E-state index in [-0.39, 0.29) is 5.41 Å². The molecular weight excluding hydrogens is 336 g/mol. The first kappa shape index (κ1) is 18.2. The van der Waals surface area contributed by atoms with E-state index >= 15 is 0 Å². The van der Waals surface area contributed by atoms with E-state index in [9.17, 15) is 4.79 Å². The number of H-pyrrole nitrogens is 1. The molecular formula is C22H30N4O. The molecule has 2 fully saturated rings. The average Bonchev–Trinajstić information content (AvgIpc) is 3.17. The van der Waals surface area contributed by atoms with E-state index in [0.717, 1.165) is 58.3 Å². The van der Waals surface area contributed by atoms with Crippen LogP contribution in [0, 0.1) is 5.41 Å². The Morgan fingerprint density at radius 3 is 2.81 bits per heavy atom. The SMILES string of the molecule is CC1(C(=O)N2CCCC(c3[nH]ncc3Cc3ccccc3)C2)CCNCC1. The predicted molar refractivity (Wildman–Crippen MR) is 107 cm³/mol. The van der Waals surface area contributed by atoms with Gasteiger partial charge in [0.25, 0.3) is 0 Å². The number of benzene rings is 1. The topological polar surface area (TPSA) is 61.0 Å². The second-order valence-electron chi connectivity index (χ2n) is 8.37. The lowest BCUT2D eigenvalue weighted by atomic mass is 9.78. The maximum Gasteiger partial charge on any atom is 0.228 e. The van der Waals surface area contributed by atoms with Crippen LogP contribution < -0.4 is 5.32 Å². The Labute approximate surface area is 161 Å². The molecule has 0 radical (unpaired) electrons. The molecule has 1 unspecified atom stereocenters. The van der Waals surface area contributed by atoms with Gasteiger partial charge >= 0.3 is 0 Å². The zero-order valence-corrected chi connectivity index (χ0v) is 16.2. The first-order chi connectivity index (χ1) is 13.2. The molecule has 1 aromatic heterocycles. The normalized spacial score (nSPS) is 22.6. The number of piperidine rings is 2. The number of amides is 1. The van der Waals surface area contributed by atoms with Gasteiger partial charge in [0.2, 0.25) is 5.91 Å². The van der Waals surface area contributed by atoms with Gasteiger partial charge in [-0.15, -0.1) is 0 Å². The van der Waals surface area contributed by atoms with Gasteiger partial charge in [-0.3, -0.25) is 9.89 Å². The summed E-state index contributed by atoms with van der Waals surface area (Å²) < 4.78 is 0. The van der Waals surface area contributed by atoms with Crippen molar-refractivity contribution in [3.8, 4) is 0 Å². The summed E-state index contributed by atoms with van der Waals surface area (Å²) in [6, 6.07) is 10.5. The van der Waals surface area contributed by atoms with Crippen LogP contribution in [0.4, 0.5) is 0 Å². The Morgan fingerprint density at radius 1 is 1.26 bits per heavy atom. The molecule has 5 nitrogen and oxygen atoms in total. The van der Waals surface area contributed by atoms with Crippen LogP contribution in [0.3, 0.4) is 0 Å². The quantitative estimate of drug-likeness (QED) is 0.874. The standard InChI is InChI=1S/C22H30N4O/c1-22(9-11-23-12-10-22)21(27)26-13-5-8-18(16-26)20-19(15-24-25-20)14-17-6-3-2-4-7-17/h2-4,6-7,15,18,23H,5,8-14,16H2,1H3,(H,24,25). The summed E-state index contributed by atoms with van der Waals surface area (Å²) >= 11 is 0. The van der Waals surface area contributed by atoms with Crippen LogP contribution in [-0.4, -0.2) is 47.2 Å². The smallest absolute Gasteiger partial charge is 0.228 e. The number of likely N-dealkylation sites (tertiary alicyclic amines) is 1. The van der Waals surface area contributed by atoms with Gasteiger partial charge in [-0.2, -0.15) is 5.10 Å². The fourth-order valence-electron chi connectivity index (χ4n) is 4.60. The van der Waals surface area contributed by atoms with Gasteiger partial charge < -0.3 is 10.2 Å². The van der Waals surface area contributed by atoms with Crippen LogP contribution in [0.5, 0.6) is 0 Å². The van der Waals surface area contributed by atoms with Crippen molar-refractivity contribution >= 4 is 5.91 Å². The molecule has 0 aliphatic carbocycles. The van der Waals surface area contributed by atoms with Gasteiger partial charge in [0, 0.05) is 36.5 Å². The van der Waals surface area contributed by atoms with Gasteiger partial charge in [-0.1, -0.05) is 37.3 Å². The summed E-state index contributed by atoms with van der Waals surface area (Å²) in [5, 5.41) is 11.0. The van der Waals surface area contributed by atoms with Gasteiger partial charge in [0.15, 0.2) is 0 Å². The zero-order chi connectivity index (χ0) is 18.7. The summed E-state index contributed by atoms with van der Waals surface area (Å²) in [5.74, 6) is 0.701. The van der Waals surface area contributed by atoms with Crippen LogP contribution in [0.1, 0.15) is 55.3 Å². The minimum atomic E-state index is -0.200. The molecule has 0 spiro atoms. The van der Waals surface area contributed by atoms with Crippen LogP contribution in [-0.2, 0) is 11.2 Å². The maximum atomic E-state index is 13.2. The van der Waals surface area contributed by atoms with Crippen molar-refractivity contribution in [1.29, 1.82) is 0 Å². The second-order valence-corrected chi connectivity index (χ2v) is 8.37. The zero-order valence-electron chi connectivity index (χ0n) is 16.2. The number of carbonyl (C=O) groups excluding carboxylic acids is 1. The molecule has 2 aromatic rings. The fourth-order valence-corrected chi connectivity index (χ4v) is 4.60. The molecule has 2 saturated heterocycles. The van der Waals surface area contributed by atoms with Gasteiger partial charge in [0.1, 0.15) is 0 Å². The highest BCUT2D eigenvalue weighted by atomic mass is 16.2. The Balaban J connectivity index is 1.47. The molecule has 1 atom stereocenters. The summed E-state index contributed by atoms with van der Waals surface area (Å²) in [4.78, 5) is 15.4. The number of hydrogen-bond donors (Lipinski definition) is 2. The number of carbonyl (C=O) groups is 1. The molecule has 1 aromatic carbocycles. The largest absolute Gasteiger partial charge is 0.342 e. The fraction of sp³-hybridized carbons (Fsp3) is 0.545. The van der Waals surface area contributed by atoms with Crippen molar-refractivity contribution < 1.29 is 4.79 Å². The number of hydrogen-bond acceptors (Lipinski definition) is 3. The molecule has 27 heavy (non-hydrogen) atoms. The van der Waals surface area contributed by atoms with Crippen molar-refractivity contribution in [3.63, 3.8) is 0 Å². The average molecular weight is 367 g/mol. The Morgan fingerprint density at radius 2 is 2.04 bits per heavy atom. The monoisotopic (exact) mass is 366 g/mol. The lowest BCUT2D eigenvalue weighted by molar-refractivity contribution is -0.144. The van der Waals surface area contributed by atoms with Crippen LogP contribution in [0.25, 0.3) is 0 Å². The number of aromatic nitrogens is 2. The summed E-state index contributed by atoms with van der Waals surface area (Å²) in [7, 11) is 0. The van der Waals surface area contributed by atoms with Crippen molar-refractivity contribution in [2.75, 3.05) is 26.2 Å². The molecule has 144 valence electrons. The van der Waals surface area contributed by atoms with E-state index in [1.807, 2.05) is 12.3 Å². The minimum absolute atomic E-state index is 0.200. The highest BCUT2D eigenvalue weighted by Gasteiger charge is 2.39. The van der Waals surface area contributed by atoms with E-state index in [1.54, 1.807) is 0 Å². The number of aromatic amines is 1. The Bertz CT molecular complexity index is 764. The third-order valence-corrected chi connectivity index (χ3v) is 6.33. The lowest BCUT2D eigenvalue weighted by Gasteiger charge is -2.40. The van der Waals surface area contributed by atoms with Crippen LogP contribution >= 0.6 is 0 Å². The molecule has 4 rings (SSSR count). The molecule has 1 amide bonds. The first-order valence-electron chi connectivity index (χ1n) is 10.2. The van der Waals surface area contributed by atoms with E-state index < -0.39 is 0 Å². The molecule has 0 bridgehead atoms. The highest BCUT2D eigenvalue weighted by Crippen LogP contribution is 2.35. The second kappa shape index (κ2) is 7.85. The first-order valence-corrected chi connectivity index (χ1v) is 10.2. The summed E-state index contributed by atoms with van der Waals surface area (Å²) in [6.45, 7) is 5.74. The molecule has 0 saturated carbocycles. The molecule has 2 N–H and O–H groups in total. The van der Waals surface area contributed by atoms with Crippen LogP contribution in [0.2, 0.25) is 0 Å². The predicted octanol–water partition coefficient (Wildman–Crippen LogP) is 3.10. The summed E-state index contributed by atoms with van der Waals surface area (Å²) in [5.41, 5.74) is 3.57. The molecule has 5 heteroatoms. The highest BCUT2D eigenvalue weighted by molar-refractivity contribution is 5.82. The molecule has 3 heterocycles. The Hall–Kier alpha value is -2.14.